The van der Waals surface area contributed by atoms with E-state index in [1.54, 1.807) is 0 Å². The topological polar surface area (TPSA) is 62.2 Å². The van der Waals surface area contributed by atoms with Crippen molar-refractivity contribution in [3.63, 3.8) is 0 Å². The van der Waals surface area contributed by atoms with Gasteiger partial charge in [-0.15, -0.1) is 0 Å². The number of aromatic nitrogens is 1. The van der Waals surface area contributed by atoms with Crippen LogP contribution in [0.3, 0.4) is 0 Å². The van der Waals surface area contributed by atoms with E-state index in [-0.39, 0.29) is 0 Å². The number of carboxylic acids is 1. The molecule has 0 bridgehead atoms. The Morgan fingerprint density at radius 1 is 0.806 bits per heavy atom. The number of aliphatic carboxylic acids is 1. The number of unbranched alkanes of at least 4 members (excludes halogenated alkanes) is 10. The molecule has 1 heterocycles. The number of hydrogen-bond donors (Lipinski definition) is 2. The van der Waals surface area contributed by atoms with Gasteiger partial charge in [-0.25, -0.2) is 0 Å². The Hall–Kier alpha value is -2.20. The van der Waals surface area contributed by atoms with E-state index in [1.165, 1.54) is 69.8 Å². The van der Waals surface area contributed by atoms with Gasteiger partial charge in [0.1, 0.15) is 0 Å². The van der Waals surface area contributed by atoms with Crippen molar-refractivity contribution in [2.24, 2.45) is 0 Å². The fourth-order valence-electron chi connectivity index (χ4n) is 4.00. The minimum atomic E-state index is -0.757. The summed E-state index contributed by atoms with van der Waals surface area (Å²) < 4.78 is 0. The predicted octanol–water partition coefficient (Wildman–Crippen LogP) is 6.37. The molecule has 0 aliphatic heterocycles. The standard InChI is InChI=1S/C27H40N2O2/c30-27(31)26(25-18-12-10-13-19-25)23-29-20-14-9-7-5-3-1-2-4-6-8-11-16-24-17-15-21-28-22-24/h10,12-13,15,17-19,21-22,26,29H,1-9,11,14,16,20,23H2,(H,30,31). The number of carboxylic acid groups (broad SMARTS) is 1. The zero-order chi connectivity index (χ0) is 22.0. The smallest absolute Gasteiger partial charge is 0.312 e. The third-order valence-corrected chi connectivity index (χ3v) is 5.89. The number of hydrogen-bond acceptors (Lipinski definition) is 3. The van der Waals surface area contributed by atoms with Crippen molar-refractivity contribution in [2.75, 3.05) is 13.1 Å². The summed E-state index contributed by atoms with van der Waals surface area (Å²) in [5, 5.41) is 12.8. The number of carbonyl (C=O) groups is 1. The van der Waals surface area contributed by atoms with Gasteiger partial charge in [0.25, 0.3) is 0 Å². The third-order valence-electron chi connectivity index (χ3n) is 5.89. The summed E-state index contributed by atoms with van der Waals surface area (Å²) in [6, 6.07) is 13.7. The van der Waals surface area contributed by atoms with Crippen molar-refractivity contribution >= 4 is 5.97 Å². The van der Waals surface area contributed by atoms with Gasteiger partial charge in [0.2, 0.25) is 0 Å². The van der Waals surface area contributed by atoms with Gasteiger partial charge in [-0.3, -0.25) is 9.78 Å². The maximum Gasteiger partial charge on any atom is 0.312 e. The molecule has 170 valence electrons. The molecule has 0 spiro atoms. The Balaban J connectivity index is 1.34. The Morgan fingerprint density at radius 3 is 2.00 bits per heavy atom. The molecule has 1 atom stereocenters. The first-order chi connectivity index (χ1) is 15.3. The number of pyridine rings is 1. The van der Waals surface area contributed by atoms with Crippen LogP contribution >= 0.6 is 0 Å². The predicted molar refractivity (Wildman–Crippen MR) is 128 cm³/mol. The second kappa shape index (κ2) is 16.5. The number of aryl methyl sites for hydroxylation is 1. The minimum Gasteiger partial charge on any atom is -0.481 e. The summed E-state index contributed by atoms with van der Waals surface area (Å²) in [5.74, 6) is -1.22. The Labute approximate surface area is 188 Å². The van der Waals surface area contributed by atoms with E-state index in [2.05, 4.69) is 16.4 Å². The molecule has 0 radical (unpaired) electrons. The summed E-state index contributed by atoms with van der Waals surface area (Å²) in [6.45, 7) is 1.40. The van der Waals surface area contributed by atoms with Crippen molar-refractivity contribution in [1.29, 1.82) is 0 Å². The largest absolute Gasteiger partial charge is 0.481 e. The van der Waals surface area contributed by atoms with Crippen molar-refractivity contribution in [1.82, 2.24) is 10.3 Å². The van der Waals surface area contributed by atoms with E-state index in [9.17, 15) is 9.90 Å². The highest BCUT2D eigenvalue weighted by atomic mass is 16.4. The molecular weight excluding hydrogens is 384 g/mol. The van der Waals surface area contributed by atoms with Gasteiger partial charge in [0.15, 0.2) is 0 Å². The van der Waals surface area contributed by atoms with Gasteiger partial charge in [-0.05, 0) is 43.0 Å². The van der Waals surface area contributed by atoms with Crippen molar-refractivity contribution < 1.29 is 9.90 Å². The lowest BCUT2D eigenvalue weighted by Crippen LogP contribution is -2.27. The maximum atomic E-state index is 11.5. The quantitative estimate of drug-likeness (QED) is 0.273. The van der Waals surface area contributed by atoms with E-state index in [0.29, 0.717) is 6.54 Å². The van der Waals surface area contributed by atoms with Crippen LogP contribution in [0.1, 0.15) is 87.7 Å². The minimum absolute atomic E-state index is 0.462. The van der Waals surface area contributed by atoms with Crippen LogP contribution in [0.25, 0.3) is 0 Å². The molecule has 0 aliphatic rings. The summed E-state index contributed by atoms with van der Waals surface area (Å²) in [4.78, 5) is 15.7. The average molecular weight is 425 g/mol. The van der Waals surface area contributed by atoms with Crippen LogP contribution in [-0.4, -0.2) is 29.1 Å². The second-order valence-electron chi connectivity index (χ2n) is 8.51. The van der Waals surface area contributed by atoms with E-state index in [0.717, 1.165) is 24.9 Å². The molecule has 1 aromatic heterocycles. The van der Waals surface area contributed by atoms with Gasteiger partial charge in [-0.2, -0.15) is 0 Å². The van der Waals surface area contributed by atoms with Crippen LogP contribution in [0.15, 0.2) is 54.9 Å². The fourth-order valence-corrected chi connectivity index (χ4v) is 4.00. The lowest BCUT2D eigenvalue weighted by molar-refractivity contribution is -0.138. The molecule has 4 heteroatoms. The van der Waals surface area contributed by atoms with Crippen LogP contribution in [0.2, 0.25) is 0 Å². The zero-order valence-electron chi connectivity index (χ0n) is 19.0. The van der Waals surface area contributed by atoms with Crippen LogP contribution in [0, 0.1) is 0 Å². The lowest BCUT2D eigenvalue weighted by atomic mass is 9.99. The molecule has 0 aliphatic carbocycles. The molecule has 0 saturated heterocycles. The van der Waals surface area contributed by atoms with Crippen LogP contribution in [-0.2, 0) is 11.2 Å². The first-order valence-corrected chi connectivity index (χ1v) is 12.1. The fraction of sp³-hybridized carbons (Fsp3) is 0.556. The molecular formula is C27H40N2O2. The molecule has 1 unspecified atom stereocenters. The van der Waals surface area contributed by atoms with Crippen LogP contribution < -0.4 is 5.32 Å². The lowest BCUT2D eigenvalue weighted by Gasteiger charge is -2.13. The van der Waals surface area contributed by atoms with Gasteiger partial charge in [0, 0.05) is 18.9 Å². The van der Waals surface area contributed by atoms with Gasteiger partial charge < -0.3 is 10.4 Å². The zero-order valence-corrected chi connectivity index (χ0v) is 19.0. The molecule has 1 aromatic carbocycles. The summed E-state index contributed by atoms with van der Waals surface area (Å²) in [7, 11) is 0. The van der Waals surface area contributed by atoms with Gasteiger partial charge >= 0.3 is 5.97 Å². The highest BCUT2D eigenvalue weighted by molar-refractivity contribution is 5.76. The number of rotatable bonds is 18. The number of benzene rings is 1. The first-order valence-electron chi connectivity index (χ1n) is 12.1. The van der Waals surface area contributed by atoms with E-state index >= 15 is 0 Å². The molecule has 0 fully saturated rings. The SMILES string of the molecule is O=C(O)C(CNCCCCCCCCCCCCCc1cccnc1)c1ccccc1. The highest BCUT2D eigenvalue weighted by Crippen LogP contribution is 2.15. The Bertz CT molecular complexity index is 691. The number of nitrogens with zero attached hydrogens (tertiary/aromatic N) is 1. The summed E-state index contributed by atoms with van der Waals surface area (Å²) in [6.07, 6.45) is 19.3. The highest BCUT2D eigenvalue weighted by Gasteiger charge is 2.18. The van der Waals surface area contributed by atoms with E-state index in [4.69, 9.17) is 0 Å². The molecule has 0 amide bonds. The number of nitrogens with one attached hydrogen (secondary N) is 1. The summed E-state index contributed by atoms with van der Waals surface area (Å²) >= 11 is 0. The summed E-state index contributed by atoms with van der Waals surface area (Å²) in [5.41, 5.74) is 2.23. The van der Waals surface area contributed by atoms with Gasteiger partial charge in [-0.1, -0.05) is 94.2 Å². The molecule has 0 saturated carbocycles. The average Bonchev–Trinajstić information content (AvgIpc) is 2.80. The second-order valence-corrected chi connectivity index (χ2v) is 8.51. The van der Waals surface area contributed by atoms with Crippen molar-refractivity contribution in [3.8, 4) is 0 Å². The van der Waals surface area contributed by atoms with E-state index in [1.807, 2.05) is 48.8 Å². The Morgan fingerprint density at radius 2 is 1.42 bits per heavy atom. The third kappa shape index (κ3) is 11.7. The molecule has 4 nitrogen and oxygen atoms in total. The van der Waals surface area contributed by atoms with Crippen LogP contribution in [0.5, 0.6) is 0 Å². The van der Waals surface area contributed by atoms with Gasteiger partial charge in [0.05, 0.1) is 5.92 Å². The monoisotopic (exact) mass is 424 g/mol. The van der Waals surface area contributed by atoms with Crippen molar-refractivity contribution in [3.05, 3.63) is 66.0 Å². The normalized spacial score (nSPS) is 12.0. The molecule has 2 N–H and O–H groups in total. The van der Waals surface area contributed by atoms with Crippen LogP contribution in [0.4, 0.5) is 0 Å². The molecule has 2 rings (SSSR count). The van der Waals surface area contributed by atoms with Crippen molar-refractivity contribution in [2.45, 2.75) is 83.0 Å². The Kier molecular flexibility index (Phi) is 13.3. The first kappa shape index (κ1) is 25.1. The molecule has 31 heavy (non-hydrogen) atoms. The maximum absolute atomic E-state index is 11.5. The van der Waals surface area contributed by atoms with E-state index < -0.39 is 11.9 Å². The molecule has 2 aromatic rings.